The molecule has 0 aromatic heterocycles. The van der Waals surface area contributed by atoms with Gasteiger partial charge in [-0.1, -0.05) is 61.8 Å². The Balaban J connectivity index is 2.05. The van der Waals surface area contributed by atoms with Crippen molar-refractivity contribution < 1.29 is 0 Å². The molecule has 0 nitrogen and oxygen atoms in total. The number of hydrogen-bond acceptors (Lipinski definition) is 1. The van der Waals surface area contributed by atoms with Crippen LogP contribution in [-0.4, -0.2) is 5.25 Å². The Labute approximate surface area is 131 Å². The van der Waals surface area contributed by atoms with Crippen LogP contribution in [-0.2, 0) is 0 Å². The van der Waals surface area contributed by atoms with Gasteiger partial charge in [0, 0.05) is 10.5 Å². The maximum absolute atomic E-state index is 4.17. The van der Waals surface area contributed by atoms with E-state index in [1.54, 1.807) is 11.8 Å². The fraction of sp³-hybridized carbons (Fsp3) is 0.200. The maximum atomic E-state index is 4.17. The van der Waals surface area contributed by atoms with Crippen molar-refractivity contribution in [3.63, 3.8) is 0 Å². The third kappa shape index (κ3) is 2.64. The van der Waals surface area contributed by atoms with Gasteiger partial charge in [-0.15, -0.1) is 11.8 Å². The predicted molar refractivity (Wildman–Crippen MR) is 93.9 cm³/mol. The van der Waals surface area contributed by atoms with E-state index in [2.05, 4.69) is 74.8 Å². The third-order valence-corrected chi connectivity index (χ3v) is 4.88. The zero-order chi connectivity index (χ0) is 14.8. The summed E-state index contributed by atoms with van der Waals surface area (Å²) in [5.41, 5.74) is 6.20. The Morgan fingerprint density at radius 1 is 1.29 bits per heavy atom. The lowest BCUT2D eigenvalue weighted by Gasteiger charge is -2.03. The molecule has 0 saturated carbocycles. The molecule has 0 amide bonds. The Kier molecular flexibility index (Phi) is 3.90. The van der Waals surface area contributed by atoms with Gasteiger partial charge in [-0.3, -0.25) is 0 Å². The maximum Gasteiger partial charge on any atom is 0.0962 e. The zero-order valence-electron chi connectivity index (χ0n) is 12.4. The lowest BCUT2D eigenvalue weighted by atomic mass is 10.00. The van der Waals surface area contributed by atoms with E-state index in [-0.39, 0.29) is 5.25 Å². The fourth-order valence-electron chi connectivity index (χ4n) is 2.68. The van der Waals surface area contributed by atoms with Gasteiger partial charge in [0.25, 0.3) is 0 Å². The van der Waals surface area contributed by atoms with Crippen molar-refractivity contribution in [3.8, 4) is 11.8 Å². The quantitative estimate of drug-likeness (QED) is 0.667. The van der Waals surface area contributed by atoms with Crippen LogP contribution in [0.2, 0.25) is 0 Å². The van der Waals surface area contributed by atoms with Crippen molar-refractivity contribution in [2.75, 3.05) is 0 Å². The van der Waals surface area contributed by atoms with Crippen LogP contribution >= 0.6 is 11.8 Å². The average molecular weight is 290 g/mol. The monoisotopic (exact) mass is 290 g/mol. The first-order valence-corrected chi connectivity index (χ1v) is 8.14. The van der Waals surface area contributed by atoms with Gasteiger partial charge < -0.3 is 0 Å². The van der Waals surface area contributed by atoms with E-state index < -0.39 is 0 Å². The van der Waals surface area contributed by atoms with Gasteiger partial charge in [-0.05, 0) is 41.7 Å². The zero-order valence-corrected chi connectivity index (χ0v) is 13.3. The molecule has 1 fully saturated rings. The summed E-state index contributed by atoms with van der Waals surface area (Å²) >= 11 is 1.77. The molecular weight excluding hydrogens is 272 g/mol. The van der Waals surface area contributed by atoms with E-state index >= 15 is 0 Å². The van der Waals surface area contributed by atoms with Crippen molar-refractivity contribution in [1.82, 2.24) is 0 Å². The Morgan fingerprint density at radius 2 is 2.10 bits per heavy atom. The van der Waals surface area contributed by atoms with Gasteiger partial charge in [0.1, 0.15) is 0 Å². The van der Waals surface area contributed by atoms with Crippen molar-refractivity contribution in [1.29, 1.82) is 0 Å². The number of thioether (sulfide) groups is 1. The fourth-order valence-corrected chi connectivity index (χ4v) is 3.74. The molecule has 1 saturated heterocycles. The minimum absolute atomic E-state index is 0.230. The van der Waals surface area contributed by atoms with Crippen LogP contribution in [0.25, 0.3) is 5.57 Å². The molecule has 2 aliphatic rings. The molecule has 1 aliphatic carbocycles. The van der Waals surface area contributed by atoms with Crippen LogP contribution in [0.15, 0.2) is 65.1 Å². The molecule has 1 aliphatic heterocycles. The number of benzene rings is 1. The molecule has 104 valence electrons. The first-order chi connectivity index (χ1) is 10.2. The van der Waals surface area contributed by atoms with Crippen LogP contribution in [0.3, 0.4) is 0 Å². The van der Waals surface area contributed by atoms with Crippen molar-refractivity contribution in [3.05, 3.63) is 76.3 Å². The molecule has 1 heterocycles. The molecule has 1 heteroatoms. The van der Waals surface area contributed by atoms with Crippen LogP contribution in [0.1, 0.15) is 24.5 Å². The normalized spacial score (nSPS) is 22.1. The molecule has 1 aromatic carbocycles. The number of allylic oxidation sites excluding steroid dienone is 5. The molecule has 0 radical (unpaired) electrons. The highest BCUT2D eigenvalue weighted by Gasteiger charge is 2.28. The van der Waals surface area contributed by atoms with E-state index in [1.165, 1.54) is 22.3 Å². The molecule has 21 heavy (non-hydrogen) atoms. The van der Waals surface area contributed by atoms with Gasteiger partial charge in [0.2, 0.25) is 0 Å². The number of rotatable bonds is 2. The second-order valence-electron chi connectivity index (χ2n) is 5.23. The highest BCUT2D eigenvalue weighted by molar-refractivity contribution is 8.04. The summed E-state index contributed by atoms with van der Waals surface area (Å²) < 4.78 is 0. The number of fused-ring (bicyclic) bond motifs is 1. The predicted octanol–water partition coefficient (Wildman–Crippen LogP) is 5.29. The molecular formula is C20H18S. The van der Waals surface area contributed by atoms with Crippen molar-refractivity contribution in [2.24, 2.45) is 0 Å². The average Bonchev–Trinajstić information content (AvgIpc) is 2.65. The largest absolute Gasteiger partial charge is 0.105 e. The third-order valence-electron chi connectivity index (χ3n) is 3.76. The molecule has 0 N–H and O–H groups in total. The summed E-state index contributed by atoms with van der Waals surface area (Å²) in [6.07, 6.45) is 7.66. The Morgan fingerprint density at radius 3 is 2.86 bits per heavy atom. The van der Waals surface area contributed by atoms with E-state index in [0.29, 0.717) is 0 Å². The van der Waals surface area contributed by atoms with Gasteiger partial charge in [0.05, 0.1) is 5.25 Å². The van der Waals surface area contributed by atoms with E-state index in [4.69, 9.17) is 0 Å². The first kappa shape index (κ1) is 14.0. The minimum Gasteiger partial charge on any atom is -0.105 e. The Bertz CT molecular complexity index is 748. The standard InChI is InChI=1S/C20H18S/c1-4-7-18-15(3)21-20-13-11-16(10-12-19(18)20)17-9-6-5-8-14(17)2/h5-10,12,20H,3-4H2,1-2H3/b18-7+. The lowest BCUT2D eigenvalue weighted by molar-refractivity contribution is 1.19. The van der Waals surface area contributed by atoms with Crippen LogP contribution in [0.5, 0.6) is 0 Å². The SMILES string of the molecule is C=C1SC2C#CC(c3ccccc3C)=CC=C2/C1=C/CC. The van der Waals surface area contributed by atoms with Crippen LogP contribution in [0, 0.1) is 18.8 Å². The summed E-state index contributed by atoms with van der Waals surface area (Å²) in [5, 5.41) is 0.230. The smallest absolute Gasteiger partial charge is 0.0962 e. The minimum atomic E-state index is 0.230. The van der Waals surface area contributed by atoms with Crippen molar-refractivity contribution >= 4 is 17.3 Å². The van der Waals surface area contributed by atoms with Gasteiger partial charge in [0.15, 0.2) is 0 Å². The second kappa shape index (κ2) is 5.84. The summed E-state index contributed by atoms with van der Waals surface area (Å²) in [6, 6.07) is 8.42. The topological polar surface area (TPSA) is 0 Å². The molecule has 1 aromatic rings. The molecule has 0 bridgehead atoms. The molecule has 0 spiro atoms. The van der Waals surface area contributed by atoms with E-state index in [0.717, 1.165) is 16.9 Å². The van der Waals surface area contributed by atoms with Gasteiger partial charge in [-0.2, -0.15) is 0 Å². The van der Waals surface area contributed by atoms with Crippen molar-refractivity contribution in [2.45, 2.75) is 25.5 Å². The van der Waals surface area contributed by atoms with Crippen LogP contribution < -0.4 is 0 Å². The molecule has 3 rings (SSSR count). The highest BCUT2D eigenvalue weighted by atomic mass is 32.2. The van der Waals surface area contributed by atoms with E-state index in [1.807, 2.05) is 0 Å². The lowest BCUT2D eigenvalue weighted by Crippen LogP contribution is -1.96. The summed E-state index contributed by atoms with van der Waals surface area (Å²) in [4.78, 5) is 1.15. The highest BCUT2D eigenvalue weighted by Crippen LogP contribution is 2.45. The summed E-state index contributed by atoms with van der Waals surface area (Å²) in [7, 11) is 0. The first-order valence-electron chi connectivity index (χ1n) is 7.26. The number of aryl methyl sites for hydroxylation is 1. The van der Waals surface area contributed by atoms with Gasteiger partial charge in [-0.25, -0.2) is 0 Å². The van der Waals surface area contributed by atoms with Gasteiger partial charge >= 0.3 is 0 Å². The number of hydrogen-bond donors (Lipinski definition) is 0. The molecule has 1 atom stereocenters. The molecule has 1 unspecified atom stereocenters. The summed E-state index contributed by atoms with van der Waals surface area (Å²) in [5.74, 6) is 6.78. The summed E-state index contributed by atoms with van der Waals surface area (Å²) in [6.45, 7) is 8.46. The Hall–Kier alpha value is -1.91. The van der Waals surface area contributed by atoms with E-state index in [9.17, 15) is 0 Å². The van der Waals surface area contributed by atoms with Crippen LogP contribution in [0.4, 0.5) is 0 Å². The second-order valence-corrected chi connectivity index (χ2v) is 6.43.